The summed E-state index contributed by atoms with van der Waals surface area (Å²) < 4.78 is 19.1. The lowest BCUT2D eigenvalue weighted by molar-refractivity contribution is -0.133. The summed E-state index contributed by atoms with van der Waals surface area (Å²) in [6, 6.07) is 11.5. The number of anilines is 2. The first-order chi connectivity index (χ1) is 14.8. The second kappa shape index (κ2) is 7.50. The van der Waals surface area contributed by atoms with Crippen LogP contribution in [0.15, 0.2) is 42.5 Å². The Hall–Kier alpha value is -2.64. The average Bonchev–Trinajstić information content (AvgIpc) is 3.34. The highest BCUT2D eigenvalue weighted by molar-refractivity contribution is 6.34. The van der Waals surface area contributed by atoms with Gasteiger partial charge in [-0.2, -0.15) is 0 Å². The Bertz CT molecular complexity index is 1030. The van der Waals surface area contributed by atoms with Gasteiger partial charge in [0.25, 0.3) is 0 Å². The van der Waals surface area contributed by atoms with Gasteiger partial charge in [0, 0.05) is 5.69 Å². The summed E-state index contributed by atoms with van der Waals surface area (Å²) in [5.41, 5.74) is 1.26. The molecular formula is C23H24ClFN4O2. The lowest BCUT2D eigenvalue weighted by Gasteiger charge is -2.44. The molecule has 3 N–H and O–H groups in total. The van der Waals surface area contributed by atoms with E-state index in [9.17, 15) is 9.18 Å². The standard InChI is InChI=1S/C23H24ClFN4O2/c1-23(12-20(30)29(22(26)28-23)18-11-15-9-10-19(18)31-15)16-3-2-4-17(21(16)24)27-14-7-5-13(25)6-8-14/h2-8,15,18-19,27H,9-12H2,1H3,(H2,26,28)/t15-,18?,19+,23+/m1/s1. The van der Waals surface area contributed by atoms with Gasteiger partial charge in [0.2, 0.25) is 5.91 Å². The molecule has 8 heteroatoms. The maximum absolute atomic E-state index is 13.2. The first-order valence-corrected chi connectivity index (χ1v) is 10.9. The van der Waals surface area contributed by atoms with Crippen LogP contribution in [0.3, 0.4) is 0 Å². The number of ether oxygens (including phenoxy) is 1. The Morgan fingerprint density at radius 1 is 1.26 bits per heavy atom. The number of carbonyl (C=O) groups is 1. The minimum atomic E-state index is -0.819. The predicted octanol–water partition coefficient (Wildman–Crippen LogP) is 4.51. The van der Waals surface area contributed by atoms with Crippen LogP contribution in [0.5, 0.6) is 0 Å². The third-order valence-corrected chi connectivity index (χ3v) is 6.94. The Morgan fingerprint density at radius 2 is 2.03 bits per heavy atom. The van der Waals surface area contributed by atoms with Crippen LogP contribution in [0, 0.1) is 11.2 Å². The quantitative estimate of drug-likeness (QED) is 0.650. The van der Waals surface area contributed by atoms with Crippen molar-refractivity contribution in [3.05, 3.63) is 58.9 Å². The molecule has 2 aromatic rings. The van der Waals surface area contributed by atoms with Crippen molar-refractivity contribution < 1.29 is 13.9 Å². The lowest BCUT2D eigenvalue weighted by Crippen LogP contribution is -2.63. The van der Waals surface area contributed by atoms with Crippen molar-refractivity contribution in [2.24, 2.45) is 0 Å². The Morgan fingerprint density at radius 3 is 2.68 bits per heavy atom. The van der Waals surface area contributed by atoms with Gasteiger partial charge in [-0.05, 0) is 62.1 Å². The summed E-state index contributed by atoms with van der Waals surface area (Å²) in [6.45, 7) is 1.89. The molecule has 4 atom stereocenters. The van der Waals surface area contributed by atoms with Gasteiger partial charge in [-0.1, -0.05) is 23.7 Å². The normalized spacial score (nSPS) is 29.9. The second-order valence-electron chi connectivity index (χ2n) is 8.72. The number of benzene rings is 2. The minimum absolute atomic E-state index is 0.0206. The van der Waals surface area contributed by atoms with Crippen molar-refractivity contribution in [2.45, 2.75) is 56.4 Å². The molecule has 31 heavy (non-hydrogen) atoms. The van der Waals surface area contributed by atoms with Gasteiger partial charge in [0.1, 0.15) is 5.82 Å². The van der Waals surface area contributed by atoms with Crippen molar-refractivity contribution in [3.8, 4) is 0 Å². The molecule has 5 rings (SSSR count). The zero-order valence-electron chi connectivity index (χ0n) is 17.1. The van der Waals surface area contributed by atoms with Gasteiger partial charge in [-0.15, -0.1) is 0 Å². The summed E-state index contributed by atoms with van der Waals surface area (Å²) in [6.07, 6.45) is 3.16. The maximum atomic E-state index is 13.2. The van der Waals surface area contributed by atoms with Crippen molar-refractivity contribution in [1.82, 2.24) is 10.2 Å². The molecule has 0 saturated carbocycles. The van der Waals surface area contributed by atoms with Gasteiger partial charge in [-0.25, -0.2) is 4.39 Å². The number of carbonyl (C=O) groups excluding carboxylic acids is 1. The van der Waals surface area contributed by atoms with Gasteiger partial charge >= 0.3 is 0 Å². The van der Waals surface area contributed by atoms with E-state index in [0.717, 1.165) is 24.8 Å². The highest BCUT2D eigenvalue weighted by atomic mass is 35.5. The number of fused-ring (bicyclic) bond motifs is 2. The Labute approximate surface area is 185 Å². The topological polar surface area (TPSA) is 77.5 Å². The van der Waals surface area contributed by atoms with Crippen molar-refractivity contribution >= 4 is 34.8 Å². The number of guanidine groups is 1. The summed E-state index contributed by atoms with van der Waals surface area (Å²) >= 11 is 6.73. The van der Waals surface area contributed by atoms with E-state index in [1.165, 1.54) is 12.1 Å². The van der Waals surface area contributed by atoms with Crippen LogP contribution in [-0.4, -0.2) is 35.0 Å². The first-order valence-electron chi connectivity index (χ1n) is 10.5. The number of nitrogens with zero attached hydrogens (tertiary/aromatic N) is 1. The lowest BCUT2D eigenvalue weighted by atomic mass is 9.84. The molecule has 3 aliphatic rings. The molecule has 3 fully saturated rings. The third-order valence-electron chi connectivity index (χ3n) is 6.53. The van der Waals surface area contributed by atoms with Crippen LogP contribution in [-0.2, 0) is 15.1 Å². The number of nitrogens with one attached hydrogen (secondary N) is 3. The Kier molecular flexibility index (Phi) is 4.90. The molecule has 0 aromatic heterocycles. The molecular weight excluding hydrogens is 419 g/mol. The minimum Gasteiger partial charge on any atom is -0.373 e. The van der Waals surface area contributed by atoms with E-state index >= 15 is 0 Å². The molecule has 0 spiro atoms. The molecule has 0 aliphatic carbocycles. The number of halogens is 2. The monoisotopic (exact) mass is 442 g/mol. The molecule has 3 aliphatic heterocycles. The van der Waals surface area contributed by atoms with Crippen molar-refractivity contribution in [2.75, 3.05) is 5.32 Å². The van der Waals surface area contributed by atoms with Gasteiger partial charge in [0.15, 0.2) is 5.96 Å². The predicted molar refractivity (Wildman–Crippen MR) is 117 cm³/mol. The number of amides is 1. The van der Waals surface area contributed by atoms with E-state index < -0.39 is 5.54 Å². The van der Waals surface area contributed by atoms with Crippen LogP contribution < -0.4 is 10.6 Å². The molecule has 162 valence electrons. The molecule has 2 aromatic carbocycles. The van der Waals surface area contributed by atoms with Gasteiger partial charge < -0.3 is 15.4 Å². The maximum Gasteiger partial charge on any atom is 0.232 e. The van der Waals surface area contributed by atoms with Crippen LogP contribution in [0.1, 0.15) is 38.2 Å². The highest BCUT2D eigenvalue weighted by Gasteiger charge is 2.50. The van der Waals surface area contributed by atoms with E-state index in [2.05, 4.69) is 10.6 Å². The zero-order chi connectivity index (χ0) is 21.8. The molecule has 2 bridgehead atoms. The van der Waals surface area contributed by atoms with Crippen LogP contribution in [0.25, 0.3) is 0 Å². The molecule has 1 amide bonds. The van der Waals surface area contributed by atoms with E-state index in [4.69, 9.17) is 21.7 Å². The van der Waals surface area contributed by atoms with E-state index in [1.807, 2.05) is 25.1 Å². The number of hydrogen-bond acceptors (Lipinski definition) is 4. The SMILES string of the molecule is C[C@@]1(c2cccc(Nc3ccc(F)cc3)c2Cl)CC(=O)N(C2C[C@H]3CC[C@@H]2O3)C(=N)N1. The molecule has 0 radical (unpaired) electrons. The van der Waals surface area contributed by atoms with E-state index in [-0.39, 0.29) is 42.4 Å². The molecule has 1 unspecified atom stereocenters. The number of rotatable bonds is 4. The third kappa shape index (κ3) is 3.55. The van der Waals surface area contributed by atoms with Gasteiger partial charge in [0.05, 0.1) is 40.9 Å². The molecule has 6 nitrogen and oxygen atoms in total. The van der Waals surface area contributed by atoms with E-state index in [1.54, 1.807) is 17.0 Å². The first kappa shape index (κ1) is 20.3. The summed E-state index contributed by atoms with van der Waals surface area (Å²) in [7, 11) is 0. The second-order valence-corrected chi connectivity index (χ2v) is 9.10. The summed E-state index contributed by atoms with van der Waals surface area (Å²) in [5.74, 6) is -0.319. The Balaban J connectivity index is 1.39. The zero-order valence-corrected chi connectivity index (χ0v) is 17.9. The summed E-state index contributed by atoms with van der Waals surface area (Å²) in [4.78, 5) is 14.7. The fourth-order valence-corrected chi connectivity index (χ4v) is 5.40. The largest absolute Gasteiger partial charge is 0.373 e. The smallest absolute Gasteiger partial charge is 0.232 e. The average molecular weight is 443 g/mol. The highest BCUT2D eigenvalue weighted by Crippen LogP contribution is 2.42. The van der Waals surface area contributed by atoms with Crippen molar-refractivity contribution in [1.29, 1.82) is 5.41 Å². The van der Waals surface area contributed by atoms with Crippen LogP contribution >= 0.6 is 11.6 Å². The molecule has 3 heterocycles. The fourth-order valence-electron chi connectivity index (χ4n) is 5.02. The van der Waals surface area contributed by atoms with Crippen LogP contribution in [0.4, 0.5) is 15.8 Å². The number of hydrogen-bond donors (Lipinski definition) is 3. The van der Waals surface area contributed by atoms with E-state index in [0.29, 0.717) is 16.4 Å². The molecule has 3 saturated heterocycles. The van der Waals surface area contributed by atoms with Gasteiger partial charge in [-0.3, -0.25) is 15.1 Å². The van der Waals surface area contributed by atoms with Crippen LogP contribution in [0.2, 0.25) is 5.02 Å². The van der Waals surface area contributed by atoms with Crippen molar-refractivity contribution in [3.63, 3.8) is 0 Å². The summed E-state index contributed by atoms with van der Waals surface area (Å²) in [5, 5.41) is 15.5. The fraction of sp³-hybridized carbons (Fsp3) is 0.391.